The number of anilines is 1. The Morgan fingerprint density at radius 3 is 2.74 bits per heavy atom. The van der Waals surface area contributed by atoms with Crippen molar-refractivity contribution in [3.8, 4) is 0 Å². The van der Waals surface area contributed by atoms with Gasteiger partial charge >= 0.3 is 0 Å². The highest BCUT2D eigenvalue weighted by Gasteiger charge is 2.22. The van der Waals surface area contributed by atoms with Crippen LogP contribution in [0.5, 0.6) is 0 Å². The molecule has 19 heavy (non-hydrogen) atoms. The van der Waals surface area contributed by atoms with E-state index >= 15 is 0 Å². The summed E-state index contributed by atoms with van der Waals surface area (Å²) in [6.07, 6.45) is 5.41. The normalized spacial score (nSPS) is 23.1. The molecule has 1 atom stereocenters. The molecule has 1 aromatic carbocycles. The molecule has 104 valence electrons. The maximum Gasteiger partial charge on any atom is 0.0369 e. The van der Waals surface area contributed by atoms with E-state index in [4.69, 9.17) is 0 Å². The molecule has 1 aliphatic carbocycles. The topological polar surface area (TPSA) is 15.3 Å². The minimum absolute atomic E-state index is 0.794. The summed E-state index contributed by atoms with van der Waals surface area (Å²) in [5.41, 5.74) is 4.32. The standard InChI is InChI=1S/C17H26N2/c1-3-14-8-9-19(12-14)17-7-4-15(13(2)10-17)11-18-16-5-6-16/h4,7,10,14,16,18H,3,5-6,8-9,11-12H2,1-2H3. The molecule has 1 heterocycles. The van der Waals surface area contributed by atoms with Crippen molar-refractivity contribution in [2.24, 2.45) is 5.92 Å². The summed E-state index contributed by atoms with van der Waals surface area (Å²) in [5, 5.41) is 3.61. The monoisotopic (exact) mass is 258 g/mol. The van der Waals surface area contributed by atoms with Gasteiger partial charge in [0.25, 0.3) is 0 Å². The van der Waals surface area contributed by atoms with Gasteiger partial charge in [0.2, 0.25) is 0 Å². The fraction of sp³-hybridized carbons (Fsp3) is 0.647. The van der Waals surface area contributed by atoms with Gasteiger partial charge in [-0.1, -0.05) is 19.4 Å². The van der Waals surface area contributed by atoms with Crippen LogP contribution in [0.4, 0.5) is 5.69 Å². The van der Waals surface area contributed by atoms with Crippen molar-refractivity contribution in [3.63, 3.8) is 0 Å². The lowest BCUT2D eigenvalue weighted by Crippen LogP contribution is -2.20. The summed E-state index contributed by atoms with van der Waals surface area (Å²) >= 11 is 0. The first kappa shape index (κ1) is 13.0. The van der Waals surface area contributed by atoms with Crippen molar-refractivity contribution in [1.82, 2.24) is 5.32 Å². The van der Waals surface area contributed by atoms with E-state index in [0.717, 1.165) is 18.5 Å². The van der Waals surface area contributed by atoms with Crippen molar-refractivity contribution in [3.05, 3.63) is 29.3 Å². The molecule has 1 aliphatic heterocycles. The Morgan fingerprint density at radius 2 is 2.11 bits per heavy atom. The first-order valence-corrected chi connectivity index (χ1v) is 7.84. The van der Waals surface area contributed by atoms with E-state index in [-0.39, 0.29) is 0 Å². The van der Waals surface area contributed by atoms with Gasteiger partial charge in [-0.25, -0.2) is 0 Å². The van der Waals surface area contributed by atoms with Gasteiger partial charge in [0.15, 0.2) is 0 Å². The van der Waals surface area contributed by atoms with Crippen LogP contribution in [0.1, 0.15) is 43.7 Å². The molecule has 1 N–H and O–H groups in total. The quantitative estimate of drug-likeness (QED) is 0.870. The van der Waals surface area contributed by atoms with Crippen molar-refractivity contribution in [2.45, 2.75) is 52.1 Å². The number of nitrogens with one attached hydrogen (secondary N) is 1. The molecule has 0 amide bonds. The summed E-state index contributed by atoms with van der Waals surface area (Å²) in [6, 6.07) is 7.80. The Kier molecular flexibility index (Phi) is 3.79. The van der Waals surface area contributed by atoms with Gasteiger partial charge in [-0.05, 0) is 55.4 Å². The SMILES string of the molecule is CCC1CCN(c2ccc(CNC3CC3)c(C)c2)C1. The minimum Gasteiger partial charge on any atom is -0.371 e. The van der Waals surface area contributed by atoms with Crippen LogP contribution in [-0.2, 0) is 6.54 Å². The Morgan fingerprint density at radius 1 is 1.26 bits per heavy atom. The molecular weight excluding hydrogens is 232 g/mol. The molecule has 0 spiro atoms. The van der Waals surface area contributed by atoms with Gasteiger partial charge in [0, 0.05) is 31.4 Å². The second-order valence-corrected chi connectivity index (χ2v) is 6.27. The zero-order chi connectivity index (χ0) is 13.2. The van der Waals surface area contributed by atoms with Crippen LogP contribution < -0.4 is 10.2 Å². The number of benzene rings is 1. The van der Waals surface area contributed by atoms with E-state index in [2.05, 4.69) is 42.3 Å². The Balaban J connectivity index is 1.64. The van der Waals surface area contributed by atoms with Gasteiger partial charge in [0.1, 0.15) is 0 Å². The van der Waals surface area contributed by atoms with Gasteiger partial charge < -0.3 is 10.2 Å². The first-order chi connectivity index (χ1) is 9.26. The molecule has 2 aliphatic rings. The minimum atomic E-state index is 0.794. The molecule has 0 radical (unpaired) electrons. The molecule has 1 aromatic rings. The second-order valence-electron chi connectivity index (χ2n) is 6.27. The molecule has 1 saturated carbocycles. The van der Waals surface area contributed by atoms with E-state index in [1.165, 1.54) is 55.6 Å². The predicted octanol–water partition coefficient (Wildman–Crippen LogP) is 3.48. The summed E-state index contributed by atoms with van der Waals surface area (Å²) in [4.78, 5) is 2.55. The number of hydrogen-bond donors (Lipinski definition) is 1. The van der Waals surface area contributed by atoms with Crippen molar-refractivity contribution in [2.75, 3.05) is 18.0 Å². The summed E-state index contributed by atoms with van der Waals surface area (Å²) in [6.45, 7) is 8.08. The average Bonchev–Trinajstić information content (AvgIpc) is 3.12. The highest BCUT2D eigenvalue weighted by molar-refractivity contribution is 5.51. The lowest BCUT2D eigenvalue weighted by Gasteiger charge is -2.20. The molecule has 2 nitrogen and oxygen atoms in total. The Bertz CT molecular complexity index is 437. The third kappa shape index (κ3) is 3.11. The fourth-order valence-electron chi connectivity index (χ4n) is 3.02. The molecule has 2 fully saturated rings. The van der Waals surface area contributed by atoms with Crippen LogP contribution in [0.3, 0.4) is 0 Å². The van der Waals surface area contributed by atoms with Crippen molar-refractivity contribution >= 4 is 5.69 Å². The number of rotatable bonds is 5. The maximum absolute atomic E-state index is 3.61. The van der Waals surface area contributed by atoms with Crippen molar-refractivity contribution < 1.29 is 0 Å². The van der Waals surface area contributed by atoms with E-state index in [1.807, 2.05) is 0 Å². The van der Waals surface area contributed by atoms with Crippen LogP contribution >= 0.6 is 0 Å². The van der Waals surface area contributed by atoms with Gasteiger partial charge in [-0.2, -0.15) is 0 Å². The van der Waals surface area contributed by atoms with Crippen LogP contribution in [0.2, 0.25) is 0 Å². The summed E-state index contributed by atoms with van der Waals surface area (Å²) in [7, 11) is 0. The second kappa shape index (κ2) is 5.54. The zero-order valence-corrected chi connectivity index (χ0v) is 12.3. The molecule has 3 rings (SSSR count). The van der Waals surface area contributed by atoms with Gasteiger partial charge in [-0.15, -0.1) is 0 Å². The maximum atomic E-state index is 3.61. The van der Waals surface area contributed by atoms with Crippen LogP contribution in [0.25, 0.3) is 0 Å². The van der Waals surface area contributed by atoms with Gasteiger partial charge in [-0.3, -0.25) is 0 Å². The summed E-state index contributed by atoms with van der Waals surface area (Å²) < 4.78 is 0. The molecule has 1 saturated heterocycles. The first-order valence-electron chi connectivity index (χ1n) is 7.84. The highest BCUT2D eigenvalue weighted by Crippen LogP contribution is 2.27. The molecule has 0 aromatic heterocycles. The number of hydrogen-bond acceptors (Lipinski definition) is 2. The van der Waals surface area contributed by atoms with Crippen molar-refractivity contribution in [1.29, 1.82) is 0 Å². The molecule has 2 heteroatoms. The third-order valence-electron chi connectivity index (χ3n) is 4.71. The van der Waals surface area contributed by atoms with E-state index in [9.17, 15) is 0 Å². The predicted molar refractivity (Wildman–Crippen MR) is 81.7 cm³/mol. The highest BCUT2D eigenvalue weighted by atomic mass is 15.1. The number of nitrogens with zero attached hydrogens (tertiary/aromatic N) is 1. The lowest BCUT2D eigenvalue weighted by molar-refractivity contribution is 0.569. The molecular formula is C17H26N2. The van der Waals surface area contributed by atoms with E-state index < -0.39 is 0 Å². The average molecular weight is 258 g/mol. The lowest BCUT2D eigenvalue weighted by atomic mass is 10.1. The molecule has 0 bridgehead atoms. The Labute approximate surface area is 117 Å². The van der Waals surface area contributed by atoms with E-state index in [0.29, 0.717) is 0 Å². The van der Waals surface area contributed by atoms with Gasteiger partial charge in [0.05, 0.1) is 0 Å². The van der Waals surface area contributed by atoms with Crippen LogP contribution in [0.15, 0.2) is 18.2 Å². The zero-order valence-electron chi connectivity index (χ0n) is 12.3. The molecule has 1 unspecified atom stereocenters. The largest absolute Gasteiger partial charge is 0.371 e. The third-order valence-corrected chi connectivity index (χ3v) is 4.71. The Hall–Kier alpha value is -1.02. The smallest absolute Gasteiger partial charge is 0.0369 e. The fourth-order valence-corrected chi connectivity index (χ4v) is 3.02. The summed E-state index contributed by atoms with van der Waals surface area (Å²) in [5.74, 6) is 0.900. The van der Waals surface area contributed by atoms with Crippen LogP contribution in [0, 0.1) is 12.8 Å². The van der Waals surface area contributed by atoms with Crippen LogP contribution in [-0.4, -0.2) is 19.1 Å². The van der Waals surface area contributed by atoms with E-state index in [1.54, 1.807) is 0 Å². The number of aryl methyl sites for hydroxylation is 1.